The molecule has 2 rings (SSSR count). The van der Waals surface area contributed by atoms with E-state index in [1.54, 1.807) is 25.1 Å². The number of hydrogen-bond donors (Lipinski definition) is 2. The number of nitrogens with zero attached hydrogens (tertiary/aromatic N) is 2. The second-order valence-corrected chi connectivity index (χ2v) is 6.99. The van der Waals surface area contributed by atoms with Gasteiger partial charge in [-0.3, -0.25) is 9.36 Å². The zero-order valence-corrected chi connectivity index (χ0v) is 14.9. The molecule has 1 heterocycles. The molecule has 0 unspecified atom stereocenters. The molecule has 1 atom stereocenters. The lowest BCUT2D eigenvalue weighted by atomic mass is 10.3. The minimum absolute atomic E-state index is 0.252. The van der Waals surface area contributed by atoms with Gasteiger partial charge in [-0.15, -0.1) is 5.10 Å². The van der Waals surface area contributed by atoms with Gasteiger partial charge in [0.15, 0.2) is 5.16 Å². The molecule has 9 heteroatoms. The van der Waals surface area contributed by atoms with Crippen LogP contribution in [0.3, 0.4) is 0 Å². The first-order valence-electron chi connectivity index (χ1n) is 7.00. The Kier molecular flexibility index (Phi) is 6.15. The molecule has 0 fully saturated rings. The Morgan fingerprint density at radius 1 is 1.48 bits per heavy atom. The fraction of sp³-hybridized carbons (Fsp3) is 0.357. The first kappa shape index (κ1) is 17.9. The van der Waals surface area contributed by atoms with Crippen molar-refractivity contribution in [2.45, 2.75) is 37.2 Å². The van der Waals surface area contributed by atoms with E-state index in [4.69, 9.17) is 23.2 Å². The van der Waals surface area contributed by atoms with Crippen molar-refractivity contribution < 1.29 is 4.79 Å². The monoisotopic (exact) mass is 374 g/mol. The number of thioether (sulfide) groups is 1. The number of carbonyl (C=O) groups is 1. The number of hydrogen-bond acceptors (Lipinski definition) is 4. The van der Waals surface area contributed by atoms with Crippen molar-refractivity contribution >= 4 is 46.6 Å². The van der Waals surface area contributed by atoms with E-state index in [2.05, 4.69) is 15.5 Å². The third-order valence-corrected chi connectivity index (χ3v) is 4.66. The number of amides is 1. The van der Waals surface area contributed by atoms with Crippen LogP contribution in [0, 0.1) is 0 Å². The van der Waals surface area contributed by atoms with Gasteiger partial charge in [0.1, 0.15) is 0 Å². The molecule has 1 aromatic heterocycles. The van der Waals surface area contributed by atoms with Gasteiger partial charge in [0.2, 0.25) is 5.91 Å². The molecule has 124 valence electrons. The Morgan fingerprint density at radius 3 is 2.91 bits per heavy atom. The highest BCUT2D eigenvalue weighted by molar-refractivity contribution is 8.00. The van der Waals surface area contributed by atoms with E-state index in [-0.39, 0.29) is 11.6 Å². The van der Waals surface area contributed by atoms with Gasteiger partial charge < -0.3 is 5.32 Å². The van der Waals surface area contributed by atoms with E-state index in [1.807, 2.05) is 6.92 Å². The molecule has 0 aliphatic rings. The van der Waals surface area contributed by atoms with Crippen LogP contribution in [0.1, 0.15) is 20.3 Å². The number of rotatable bonds is 6. The molecule has 0 aliphatic carbocycles. The number of benzene rings is 1. The second-order valence-electron chi connectivity index (χ2n) is 4.84. The lowest BCUT2D eigenvalue weighted by Gasteiger charge is -2.13. The largest absolute Gasteiger partial charge is 0.343 e. The van der Waals surface area contributed by atoms with Crippen LogP contribution in [0.5, 0.6) is 0 Å². The van der Waals surface area contributed by atoms with E-state index < -0.39 is 5.25 Å². The lowest BCUT2D eigenvalue weighted by Crippen LogP contribution is -2.24. The highest BCUT2D eigenvalue weighted by Crippen LogP contribution is 2.27. The van der Waals surface area contributed by atoms with Crippen LogP contribution in [-0.4, -0.2) is 25.9 Å². The van der Waals surface area contributed by atoms with Crippen molar-refractivity contribution in [3.05, 3.63) is 38.7 Å². The number of carbonyl (C=O) groups excluding carboxylic acids is 1. The minimum Gasteiger partial charge on any atom is -0.324 e. The minimum atomic E-state index is -0.462. The van der Waals surface area contributed by atoms with Crippen molar-refractivity contribution in [3.63, 3.8) is 0 Å². The molecule has 2 N–H and O–H groups in total. The summed E-state index contributed by atoms with van der Waals surface area (Å²) < 4.78 is 1.51. The van der Waals surface area contributed by atoms with Crippen LogP contribution in [0.25, 0.3) is 0 Å². The Balaban J connectivity index is 2.08. The van der Waals surface area contributed by atoms with Gasteiger partial charge in [0, 0.05) is 11.6 Å². The van der Waals surface area contributed by atoms with Crippen LogP contribution in [0.2, 0.25) is 10.0 Å². The van der Waals surface area contributed by atoms with Crippen molar-refractivity contribution in [1.29, 1.82) is 0 Å². The van der Waals surface area contributed by atoms with Gasteiger partial charge >= 0.3 is 5.69 Å². The summed E-state index contributed by atoms with van der Waals surface area (Å²) >= 11 is 13.1. The van der Waals surface area contributed by atoms with E-state index in [9.17, 15) is 9.59 Å². The predicted molar refractivity (Wildman–Crippen MR) is 93.5 cm³/mol. The van der Waals surface area contributed by atoms with Gasteiger partial charge in [0.25, 0.3) is 0 Å². The molecule has 0 saturated carbocycles. The van der Waals surface area contributed by atoms with Crippen LogP contribution >= 0.6 is 35.0 Å². The highest BCUT2D eigenvalue weighted by atomic mass is 35.5. The number of H-pyrrole nitrogens is 1. The SMILES string of the molecule is CCCn1c(S[C@H](C)C(=O)Nc2cc(Cl)ccc2Cl)n[nH]c1=O. The smallest absolute Gasteiger partial charge is 0.324 e. The summed E-state index contributed by atoms with van der Waals surface area (Å²) in [7, 11) is 0. The molecule has 0 saturated heterocycles. The molecule has 0 bridgehead atoms. The molecule has 23 heavy (non-hydrogen) atoms. The zero-order chi connectivity index (χ0) is 17.0. The standard InChI is InChI=1S/C14H16Cl2N4O2S/c1-3-6-20-13(22)18-19-14(20)23-8(2)12(21)17-11-7-9(15)4-5-10(11)16/h4-5,7-8H,3,6H2,1-2H3,(H,17,21)(H,18,22)/t8-/m1/s1. The molecule has 0 aliphatic heterocycles. The number of anilines is 1. The number of halogens is 2. The van der Waals surface area contributed by atoms with Gasteiger partial charge in [-0.2, -0.15) is 0 Å². The summed E-state index contributed by atoms with van der Waals surface area (Å²) in [5, 5.41) is 9.99. The summed E-state index contributed by atoms with van der Waals surface area (Å²) in [5.41, 5.74) is 0.171. The van der Waals surface area contributed by atoms with Gasteiger partial charge in [-0.1, -0.05) is 41.9 Å². The van der Waals surface area contributed by atoms with E-state index in [0.29, 0.717) is 27.4 Å². The maximum atomic E-state index is 12.3. The van der Waals surface area contributed by atoms with Gasteiger partial charge in [0.05, 0.1) is 16.0 Å². The van der Waals surface area contributed by atoms with Crippen molar-refractivity contribution in [2.75, 3.05) is 5.32 Å². The zero-order valence-electron chi connectivity index (χ0n) is 12.6. The van der Waals surface area contributed by atoms with E-state index in [1.165, 1.54) is 16.3 Å². The fourth-order valence-electron chi connectivity index (χ4n) is 1.85. The van der Waals surface area contributed by atoms with Crippen molar-refractivity contribution in [1.82, 2.24) is 14.8 Å². The molecule has 6 nitrogen and oxygen atoms in total. The Labute approximate surface area is 147 Å². The van der Waals surface area contributed by atoms with Crippen LogP contribution in [0.15, 0.2) is 28.2 Å². The second kappa shape index (κ2) is 7.90. The summed E-state index contributed by atoms with van der Waals surface area (Å²) in [6, 6.07) is 4.84. The Morgan fingerprint density at radius 2 is 2.22 bits per heavy atom. The molecule has 0 spiro atoms. The molecular formula is C14H16Cl2N4O2S. The highest BCUT2D eigenvalue weighted by Gasteiger charge is 2.19. The number of aromatic nitrogens is 3. The third-order valence-electron chi connectivity index (χ3n) is 3.01. The molecule has 1 aromatic carbocycles. The molecule has 1 amide bonds. The van der Waals surface area contributed by atoms with Crippen LogP contribution in [0.4, 0.5) is 5.69 Å². The van der Waals surface area contributed by atoms with E-state index in [0.717, 1.165) is 6.42 Å². The van der Waals surface area contributed by atoms with Crippen molar-refractivity contribution in [2.24, 2.45) is 0 Å². The fourth-order valence-corrected chi connectivity index (χ4v) is 3.07. The first-order chi connectivity index (χ1) is 10.9. The van der Waals surface area contributed by atoms with Crippen molar-refractivity contribution in [3.8, 4) is 0 Å². The Hall–Kier alpha value is -1.44. The predicted octanol–water partition coefficient (Wildman–Crippen LogP) is 3.41. The van der Waals surface area contributed by atoms with Crippen LogP contribution < -0.4 is 11.0 Å². The summed E-state index contributed by atoms with van der Waals surface area (Å²) in [5.74, 6) is -0.252. The molecular weight excluding hydrogens is 359 g/mol. The summed E-state index contributed by atoms with van der Waals surface area (Å²) in [6.07, 6.45) is 0.797. The quantitative estimate of drug-likeness (QED) is 0.759. The Bertz CT molecular complexity index is 759. The lowest BCUT2D eigenvalue weighted by molar-refractivity contribution is -0.115. The van der Waals surface area contributed by atoms with Gasteiger partial charge in [-0.05, 0) is 31.5 Å². The number of nitrogens with one attached hydrogen (secondary N) is 2. The maximum absolute atomic E-state index is 12.3. The number of aromatic amines is 1. The third kappa shape index (κ3) is 4.53. The average Bonchev–Trinajstić information content (AvgIpc) is 2.84. The average molecular weight is 375 g/mol. The normalized spacial score (nSPS) is 12.2. The molecule has 2 aromatic rings. The first-order valence-corrected chi connectivity index (χ1v) is 8.63. The maximum Gasteiger partial charge on any atom is 0.343 e. The summed E-state index contributed by atoms with van der Waals surface area (Å²) in [6.45, 7) is 4.24. The topological polar surface area (TPSA) is 79.8 Å². The van der Waals surface area contributed by atoms with E-state index >= 15 is 0 Å². The van der Waals surface area contributed by atoms with Gasteiger partial charge in [-0.25, -0.2) is 9.89 Å². The molecule has 0 radical (unpaired) electrons. The summed E-state index contributed by atoms with van der Waals surface area (Å²) in [4.78, 5) is 24.0. The van der Waals surface area contributed by atoms with Crippen LogP contribution in [-0.2, 0) is 11.3 Å².